The third-order valence-electron chi connectivity index (χ3n) is 7.81. The van der Waals surface area contributed by atoms with Crippen molar-refractivity contribution in [2.24, 2.45) is 34.8 Å². The van der Waals surface area contributed by atoms with Crippen molar-refractivity contribution >= 4 is 17.5 Å². The van der Waals surface area contributed by atoms with Crippen LogP contribution >= 0.6 is 11.6 Å². The fourth-order valence-electron chi connectivity index (χ4n) is 6.53. The van der Waals surface area contributed by atoms with Crippen molar-refractivity contribution < 1.29 is 4.79 Å². The molecule has 3 aliphatic rings. The number of carbonyl (C=O) groups is 1. The second-order valence-electron chi connectivity index (χ2n) is 10.5. The molecule has 1 aliphatic heterocycles. The predicted molar refractivity (Wildman–Crippen MR) is 120 cm³/mol. The maximum atomic E-state index is 12.3. The number of primary amides is 1. The smallest absolute Gasteiger partial charge is 0.221 e. The molecule has 0 aromatic carbocycles. The molecule has 0 bridgehead atoms. The van der Waals surface area contributed by atoms with E-state index in [4.69, 9.17) is 17.3 Å². The topological polar surface area (TPSA) is 108 Å². The third-order valence-corrected chi connectivity index (χ3v) is 8.11. The minimum absolute atomic E-state index is 0.0308. The maximum absolute atomic E-state index is 12.3. The van der Waals surface area contributed by atoms with Gasteiger partial charge in [-0.05, 0) is 55.1 Å². The van der Waals surface area contributed by atoms with E-state index >= 15 is 0 Å². The first-order valence-corrected chi connectivity index (χ1v) is 11.6. The van der Waals surface area contributed by atoms with E-state index in [1.165, 1.54) is 0 Å². The molecule has 2 fully saturated rings. The Kier molecular flexibility index (Phi) is 4.84. The van der Waals surface area contributed by atoms with Crippen LogP contribution in [-0.2, 0) is 17.8 Å². The first-order chi connectivity index (χ1) is 15.2. The van der Waals surface area contributed by atoms with Gasteiger partial charge in [-0.1, -0.05) is 25.4 Å². The monoisotopic (exact) mass is 447 g/mol. The molecule has 2 N–H and O–H groups in total. The van der Waals surface area contributed by atoms with Gasteiger partial charge in [0.25, 0.3) is 0 Å². The van der Waals surface area contributed by atoms with Crippen LogP contribution in [0, 0.1) is 51.7 Å². The van der Waals surface area contributed by atoms with Crippen LogP contribution in [0.1, 0.15) is 56.1 Å². The Morgan fingerprint density at radius 2 is 2.03 bits per heavy atom. The summed E-state index contributed by atoms with van der Waals surface area (Å²) >= 11 is 6.63. The van der Waals surface area contributed by atoms with Crippen molar-refractivity contribution in [1.82, 2.24) is 9.55 Å². The van der Waals surface area contributed by atoms with Crippen molar-refractivity contribution in [3.63, 3.8) is 0 Å². The van der Waals surface area contributed by atoms with Crippen molar-refractivity contribution in [3.05, 3.63) is 40.4 Å². The van der Waals surface area contributed by atoms with Crippen LogP contribution in [0.5, 0.6) is 0 Å². The van der Waals surface area contributed by atoms with Crippen LogP contribution in [0.4, 0.5) is 0 Å². The normalized spacial score (nSPS) is 29.8. The molecule has 0 saturated heterocycles. The summed E-state index contributed by atoms with van der Waals surface area (Å²) < 4.78 is 2.10. The number of nitrogens with zero attached hydrogens (tertiary/aromatic N) is 4. The fraction of sp³-hybridized carbons (Fsp3) is 0.520. The van der Waals surface area contributed by atoms with Gasteiger partial charge in [-0.25, -0.2) is 0 Å². The van der Waals surface area contributed by atoms with E-state index < -0.39 is 0 Å². The zero-order chi connectivity index (χ0) is 22.8. The molecule has 2 aromatic rings. The highest BCUT2D eigenvalue weighted by atomic mass is 35.5. The van der Waals surface area contributed by atoms with Gasteiger partial charge in [0.2, 0.25) is 5.91 Å². The van der Waals surface area contributed by atoms with E-state index in [0.29, 0.717) is 16.6 Å². The summed E-state index contributed by atoms with van der Waals surface area (Å²) in [6.45, 7) is 5.20. The Hall–Kier alpha value is -2.83. The molecule has 7 heteroatoms. The second kappa shape index (κ2) is 7.36. The van der Waals surface area contributed by atoms with Crippen LogP contribution < -0.4 is 5.73 Å². The second-order valence-corrected chi connectivity index (χ2v) is 10.9. The summed E-state index contributed by atoms with van der Waals surface area (Å²) in [7, 11) is 0. The summed E-state index contributed by atoms with van der Waals surface area (Å²) in [6, 6.07) is 8.64. The lowest BCUT2D eigenvalue weighted by molar-refractivity contribution is -0.122. The zero-order valence-corrected chi connectivity index (χ0v) is 19.1. The van der Waals surface area contributed by atoms with E-state index in [1.54, 1.807) is 6.20 Å². The molecule has 5 unspecified atom stereocenters. The van der Waals surface area contributed by atoms with Gasteiger partial charge in [0.05, 0.1) is 11.1 Å². The molecule has 164 valence electrons. The number of halogens is 1. The Balaban J connectivity index is 1.60. The lowest BCUT2D eigenvalue weighted by Gasteiger charge is -2.23. The quantitative estimate of drug-likeness (QED) is 0.751. The molecule has 6 nitrogen and oxygen atoms in total. The van der Waals surface area contributed by atoms with Crippen molar-refractivity contribution in [2.45, 2.75) is 52.0 Å². The highest BCUT2D eigenvalue weighted by Crippen LogP contribution is 2.56. The van der Waals surface area contributed by atoms with Gasteiger partial charge in [0.15, 0.2) is 0 Å². The summed E-state index contributed by atoms with van der Waals surface area (Å²) in [6.07, 6.45) is 4.85. The van der Waals surface area contributed by atoms with E-state index in [-0.39, 0.29) is 35.0 Å². The standard InChI is InChI=1S/C25H26ClN5O/c1-25(2)8-22-18(6-15(10-28)31(22)12-25)17-7-21(30-11-20(17)26)23-16-4-13(9-27)3-14(16)5-19(23)24(29)32/h6-7,11,13-14,16,19,23H,3-5,8,12H2,1-2H3,(H2,29,32). The van der Waals surface area contributed by atoms with Crippen LogP contribution in [0.15, 0.2) is 18.3 Å². The van der Waals surface area contributed by atoms with Gasteiger partial charge in [0, 0.05) is 53.0 Å². The maximum Gasteiger partial charge on any atom is 0.221 e. The van der Waals surface area contributed by atoms with E-state index in [9.17, 15) is 15.3 Å². The summed E-state index contributed by atoms with van der Waals surface area (Å²) in [5, 5.41) is 19.6. The highest BCUT2D eigenvalue weighted by Gasteiger charge is 2.51. The number of hydrogen-bond donors (Lipinski definition) is 1. The van der Waals surface area contributed by atoms with Crippen LogP contribution in [0.2, 0.25) is 5.02 Å². The summed E-state index contributed by atoms with van der Waals surface area (Å²) in [5.74, 6) is -0.0912. The van der Waals surface area contributed by atoms with Crippen molar-refractivity contribution in [1.29, 1.82) is 10.5 Å². The number of fused-ring (bicyclic) bond motifs is 2. The molecule has 2 saturated carbocycles. The number of nitriles is 2. The average molecular weight is 448 g/mol. The van der Waals surface area contributed by atoms with Gasteiger partial charge in [-0.15, -0.1) is 0 Å². The van der Waals surface area contributed by atoms with E-state index in [0.717, 1.165) is 54.7 Å². The van der Waals surface area contributed by atoms with Crippen LogP contribution in [0.3, 0.4) is 0 Å². The minimum Gasteiger partial charge on any atom is -0.369 e. The largest absolute Gasteiger partial charge is 0.369 e. The van der Waals surface area contributed by atoms with Gasteiger partial charge < -0.3 is 10.3 Å². The van der Waals surface area contributed by atoms with E-state index in [2.05, 4.69) is 35.5 Å². The lowest BCUT2D eigenvalue weighted by Crippen LogP contribution is -2.28. The molecule has 3 heterocycles. The summed E-state index contributed by atoms with van der Waals surface area (Å²) in [4.78, 5) is 17.0. The first kappa shape index (κ1) is 21.0. The number of rotatable bonds is 3. The molecule has 5 rings (SSSR count). The molecule has 32 heavy (non-hydrogen) atoms. The number of nitrogens with two attached hydrogens (primary N) is 1. The van der Waals surface area contributed by atoms with Gasteiger partial charge in [0.1, 0.15) is 11.8 Å². The Morgan fingerprint density at radius 3 is 2.72 bits per heavy atom. The molecular formula is C25H26ClN5O. The Bertz CT molecular complexity index is 1200. The molecule has 5 atom stereocenters. The molecule has 0 radical (unpaired) electrons. The SMILES string of the molecule is CC1(C)Cc2c(-c3cc(C4C(C(N)=O)CC5CC(C#N)CC54)ncc3Cl)cc(C#N)n2C1. The molecule has 2 aliphatic carbocycles. The number of aromatic nitrogens is 2. The predicted octanol–water partition coefficient (Wildman–Crippen LogP) is 4.41. The van der Waals surface area contributed by atoms with Crippen LogP contribution in [0.25, 0.3) is 11.1 Å². The highest BCUT2D eigenvalue weighted by molar-refractivity contribution is 6.33. The van der Waals surface area contributed by atoms with E-state index in [1.807, 2.05) is 12.1 Å². The van der Waals surface area contributed by atoms with Gasteiger partial charge in [-0.3, -0.25) is 9.78 Å². The Morgan fingerprint density at radius 1 is 1.25 bits per heavy atom. The number of amides is 1. The van der Waals surface area contributed by atoms with Crippen molar-refractivity contribution in [2.75, 3.05) is 0 Å². The number of hydrogen-bond acceptors (Lipinski definition) is 4. The number of pyridine rings is 1. The first-order valence-electron chi connectivity index (χ1n) is 11.2. The molecule has 1 amide bonds. The summed E-state index contributed by atoms with van der Waals surface area (Å²) in [5.41, 5.74) is 10.3. The molecule has 0 spiro atoms. The zero-order valence-electron chi connectivity index (χ0n) is 18.3. The van der Waals surface area contributed by atoms with Crippen molar-refractivity contribution in [3.8, 4) is 23.3 Å². The third kappa shape index (κ3) is 3.21. The average Bonchev–Trinajstić information content (AvgIpc) is 3.45. The Labute approximate surface area is 193 Å². The fourth-order valence-corrected chi connectivity index (χ4v) is 6.74. The van der Waals surface area contributed by atoms with Crippen LogP contribution in [-0.4, -0.2) is 15.5 Å². The molecular weight excluding hydrogens is 422 g/mol. The molecule has 2 aromatic heterocycles. The van der Waals surface area contributed by atoms with Gasteiger partial charge >= 0.3 is 0 Å². The van der Waals surface area contributed by atoms with Gasteiger partial charge in [-0.2, -0.15) is 10.5 Å². The number of carbonyl (C=O) groups excluding carboxylic acids is 1. The lowest BCUT2D eigenvalue weighted by atomic mass is 9.82. The minimum atomic E-state index is -0.297.